The first kappa shape index (κ1) is 24.4. The number of likely N-dealkylation sites (tertiary alicyclic amines) is 1. The van der Waals surface area contributed by atoms with Gasteiger partial charge >= 0.3 is 12.2 Å². The summed E-state index contributed by atoms with van der Waals surface area (Å²) in [6.45, 7) is 1.78. The zero-order chi connectivity index (χ0) is 25.2. The normalized spacial score (nSPS) is 19.4. The number of carbonyl (C=O) groups is 2. The molecule has 0 aromatic heterocycles. The lowest BCUT2D eigenvalue weighted by molar-refractivity contribution is -0.137. The van der Waals surface area contributed by atoms with E-state index in [0.29, 0.717) is 44.7 Å². The summed E-state index contributed by atoms with van der Waals surface area (Å²) in [4.78, 5) is 28.4. The number of alkyl halides is 3. The number of urea groups is 1. The Balaban J connectivity index is 1.46. The Bertz CT molecular complexity index is 1140. The highest BCUT2D eigenvalue weighted by atomic mass is 19.4. The van der Waals surface area contributed by atoms with Gasteiger partial charge in [-0.25, -0.2) is 4.79 Å². The molecule has 2 aliphatic heterocycles. The van der Waals surface area contributed by atoms with E-state index in [0.717, 1.165) is 17.7 Å². The number of nitriles is 1. The van der Waals surface area contributed by atoms with Gasteiger partial charge in [0.1, 0.15) is 0 Å². The molecule has 3 N–H and O–H groups in total. The topological polar surface area (TPSA) is 102 Å². The van der Waals surface area contributed by atoms with Crippen molar-refractivity contribution in [2.75, 3.05) is 31.1 Å². The van der Waals surface area contributed by atoms with Crippen LogP contribution < -0.4 is 16.0 Å². The molecular weight excluding hydrogens is 459 g/mol. The van der Waals surface area contributed by atoms with Crippen molar-refractivity contribution in [3.05, 3.63) is 65.2 Å². The Kier molecular flexibility index (Phi) is 6.61. The summed E-state index contributed by atoms with van der Waals surface area (Å²) in [5.41, 5.74) is 5.01. The first-order chi connectivity index (χ1) is 16.6. The molecule has 2 saturated heterocycles. The lowest BCUT2D eigenvalue weighted by Crippen LogP contribution is -2.51. The predicted octanol–water partition coefficient (Wildman–Crippen LogP) is 3.49. The van der Waals surface area contributed by atoms with Crippen molar-refractivity contribution in [2.24, 2.45) is 17.1 Å². The number of nitrogens with one attached hydrogen (secondary N) is 1. The smallest absolute Gasteiger partial charge is 0.370 e. The van der Waals surface area contributed by atoms with Crippen LogP contribution in [0.25, 0.3) is 0 Å². The van der Waals surface area contributed by atoms with Crippen LogP contribution in [-0.2, 0) is 17.5 Å². The average Bonchev–Trinajstić information content (AvgIpc) is 3.21. The minimum absolute atomic E-state index is 0.193. The van der Waals surface area contributed by atoms with Gasteiger partial charge in [0.05, 0.1) is 23.1 Å². The maximum atomic E-state index is 13.5. The molecule has 35 heavy (non-hydrogen) atoms. The second-order valence-electron chi connectivity index (χ2n) is 9.17. The molecule has 0 radical (unpaired) electrons. The van der Waals surface area contributed by atoms with Crippen LogP contribution in [0.2, 0.25) is 0 Å². The second kappa shape index (κ2) is 9.49. The molecule has 184 valence electrons. The van der Waals surface area contributed by atoms with Crippen molar-refractivity contribution in [2.45, 2.75) is 25.6 Å². The summed E-state index contributed by atoms with van der Waals surface area (Å²) < 4.78 is 40.4. The van der Waals surface area contributed by atoms with E-state index in [1.165, 1.54) is 6.07 Å². The number of piperidine rings is 1. The van der Waals surface area contributed by atoms with E-state index in [1.807, 2.05) is 30.3 Å². The van der Waals surface area contributed by atoms with Crippen LogP contribution in [0.5, 0.6) is 0 Å². The molecule has 2 fully saturated rings. The van der Waals surface area contributed by atoms with Crippen molar-refractivity contribution in [1.29, 1.82) is 5.26 Å². The van der Waals surface area contributed by atoms with Gasteiger partial charge in [0, 0.05) is 43.8 Å². The van der Waals surface area contributed by atoms with Crippen LogP contribution in [0.1, 0.15) is 29.5 Å². The molecule has 2 aromatic carbocycles. The Hall–Kier alpha value is -3.74. The van der Waals surface area contributed by atoms with Gasteiger partial charge in [-0.1, -0.05) is 30.3 Å². The van der Waals surface area contributed by atoms with Gasteiger partial charge in [-0.15, -0.1) is 0 Å². The summed E-state index contributed by atoms with van der Waals surface area (Å²) >= 11 is 0. The lowest BCUT2D eigenvalue weighted by Gasteiger charge is -2.41. The number of carbonyl (C=O) groups excluding carboxylic acids is 2. The fraction of sp³-hybridized carbons (Fsp3) is 0.400. The van der Waals surface area contributed by atoms with Gasteiger partial charge in [0.2, 0.25) is 5.91 Å². The molecule has 2 aromatic rings. The fourth-order valence-electron chi connectivity index (χ4n) is 5.17. The van der Waals surface area contributed by atoms with E-state index in [-0.39, 0.29) is 12.6 Å². The highest BCUT2D eigenvalue weighted by Crippen LogP contribution is 2.46. The van der Waals surface area contributed by atoms with Crippen LogP contribution in [0, 0.1) is 22.7 Å². The number of hydrogen-bond donors (Lipinski definition) is 2. The third kappa shape index (κ3) is 5.04. The molecule has 1 atom stereocenters. The minimum atomic E-state index is -4.67. The molecule has 2 heterocycles. The monoisotopic (exact) mass is 485 g/mol. The number of primary amides is 1. The molecule has 3 amide bonds. The zero-order valence-electron chi connectivity index (χ0n) is 19.0. The Morgan fingerprint density at radius 1 is 1.14 bits per heavy atom. The van der Waals surface area contributed by atoms with Crippen LogP contribution >= 0.6 is 0 Å². The summed E-state index contributed by atoms with van der Waals surface area (Å²) in [5.74, 6) is -1.05. The standard InChI is InChI=1S/C25H26F3N5O2/c26-25(27,28)20-12-19(7-6-18(20)13-29)33-15-21(22(30)34)24(16-33)8-10-32(11-9-24)23(35)31-14-17-4-2-1-3-5-17/h1-7,12,21H,8-11,14-16H2,(H2,30,34)(H,31,35). The SMILES string of the molecule is N#Cc1ccc(N2CC(C(N)=O)C3(CCN(C(=O)NCc4ccccc4)CC3)C2)cc1C(F)(F)F. The molecule has 4 rings (SSSR count). The van der Waals surface area contributed by atoms with Gasteiger partial charge in [-0.3, -0.25) is 4.79 Å². The quantitative estimate of drug-likeness (QED) is 0.692. The largest absolute Gasteiger partial charge is 0.417 e. The molecule has 0 bridgehead atoms. The van der Waals surface area contributed by atoms with Crippen molar-refractivity contribution >= 4 is 17.6 Å². The Morgan fingerprint density at radius 2 is 1.83 bits per heavy atom. The number of hydrogen-bond acceptors (Lipinski definition) is 4. The zero-order valence-corrected chi connectivity index (χ0v) is 19.0. The van der Waals surface area contributed by atoms with E-state index in [4.69, 9.17) is 11.0 Å². The van der Waals surface area contributed by atoms with Crippen LogP contribution in [-0.4, -0.2) is 43.0 Å². The maximum Gasteiger partial charge on any atom is 0.417 e. The molecule has 0 aliphatic carbocycles. The Labute approximate surface area is 201 Å². The molecule has 2 aliphatic rings. The lowest BCUT2D eigenvalue weighted by atomic mass is 9.70. The molecule has 10 heteroatoms. The number of benzene rings is 2. The summed E-state index contributed by atoms with van der Waals surface area (Å²) in [7, 11) is 0. The van der Waals surface area contributed by atoms with Crippen molar-refractivity contribution < 1.29 is 22.8 Å². The third-order valence-corrected chi connectivity index (χ3v) is 7.12. The molecule has 0 saturated carbocycles. The van der Waals surface area contributed by atoms with Crippen LogP contribution in [0.3, 0.4) is 0 Å². The van der Waals surface area contributed by atoms with E-state index in [9.17, 15) is 22.8 Å². The van der Waals surface area contributed by atoms with Crippen LogP contribution in [0.15, 0.2) is 48.5 Å². The highest BCUT2D eigenvalue weighted by molar-refractivity contribution is 5.80. The first-order valence-electron chi connectivity index (χ1n) is 11.4. The molecular formula is C25H26F3N5O2. The Morgan fingerprint density at radius 3 is 2.43 bits per heavy atom. The average molecular weight is 486 g/mol. The number of nitrogens with two attached hydrogens (primary N) is 1. The number of anilines is 1. The molecule has 7 nitrogen and oxygen atoms in total. The second-order valence-corrected chi connectivity index (χ2v) is 9.17. The predicted molar refractivity (Wildman–Crippen MR) is 123 cm³/mol. The first-order valence-corrected chi connectivity index (χ1v) is 11.4. The fourth-order valence-corrected chi connectivity index (χ4v) is 5.17. The van der Waals surface area contributed by atoms with Gasteiger partial charge in [-0.05, 0) is 36.6 Å². The summed E-state index contributed by atoms with van der Waals surface area (Å²) in [5, 5.41) is 12.0. The number of halogens is 3. The minimum Gasteiger partial charge on any atom is -0.370 e. The van der Waals surface area contributed by atoms with E-state index in [2.05, 4.69) is 5.32 Å². The number of rotatable bonds is 4. The third-order valence-electron chi connectivity index (χ3n) is 7.12. The van der Waals surface area contributed by atoms with Crippen molar-refractivity contribution in [3.8, 4) is 6.07 Å². The summed E-state index contributed by atoms with van der Waals surface area (Å²) in [6, 6.07) is 14.5. The number of nitrogens with zero attached hydrogens (tertiary/aromatic N) is 3. The molecule has 1 spiro atoms. The highest BCUT2D eigenvalue weighted by Gasteiger charge is 2.51. The van der Waals surface area contributed by atoms with Gasteiger partial charge in [0.25, 0.3) is 0 Å². The van der Waals surface area contributed by atoms with Crippen molar-refractivity contribution in [3.63, 3.8) is 0 Å². The molecule has 1 unspecified atom stereocenters. The maximum absolute atomic E-state index is 13.5. The van der Waals surface area contributed by atoms with Gasteiger partial charge in [0.15, 0.2) is 0 Å². The van der Waals surface area contributed by atoms with E-state index >= 15 is 0 Å². The van der Waals surface area contributed by atoms with E-state index < -0.39 is 34.5 Å². The van der Waals surface area contributed by atoms with E-state index in [1.54, 1.807) is 15.9 Å². The van der Waals surface area contributed by atoms with Crippen molar-refractivity contribution in [1.82, 2.24) is 10.2 Å². The van der Waals surface area contributed by atoms with Crippen LogP contribution in [0.4, 0.5) is 23.7 Å². The number of amides is 3. The van der Waals surface area contributed by atoms with Gasteiger partial charge in [-0.2, -0.15) is 18.4 Å². The van der Waals surface area contributed by atoms with Gasteiger partial charge < -0.3 is 20.9 Å². The summed E-state index contributed by atoms with van der Waals surface area (Å²) in [6.07, 6.45) is -3.64.